The number of benzene rings is 2. The second-order valence-electron chi connectivity index (χ2n) is 4.43. The Hall–Kier alpha value is -2.34. The first-order chi connectivity index (χ1) is 9.94. The summed E-state index contributed by atoms with van der Waals surface area (Å²) in [5, 5.41) is 20.8. The van der Waals surface area contributed by atoms with Crippen LogP contribution in [0.3, 0.4) is 0 Å². The molecule has 0 radical (unpaired) electrons. The molecule has 0 aliphatic heterocycles. The van der Waals surface area contributed by atoms with Gasteiger partial charge >= 0.3 is 5.97 Å². The van der Waals surface area contributed by atoms with Crippen molar-refractivity contribution >= 4 is 33.5 Å². The summed E-state index contributed by atoms with van der Waals surface area (Å²) in [4.78, 5) is 22.9. The highest BCUT2D eigenvalue weighted by Gasteiger charge is 2.09. The number of aromatic hydroxyl groups is 1. The fourth-order valence-corrected chi connectivity index (χ4v) is 2.28. The van der Waals surface area contributed by atoms with Crippen LogP contribution in [0.15, 0.2) is 46.9 Å². The van der Waals surface area contributed by atoms with Gasteiger partial charge in [0.1, 0.15) is 5.75 Å². The average Bonchev–Trinajstić information content (AvgIpc) is 2.40. The first-order valence-electron chi connectivity index (χ1n) is 6.05. The Morgan fingerprint density at radius 3 is 2.38 bits per heavy atom. The lowest BCUT2D eigenvalue weighted by Crippen LogP contribution is -2.14. The van der Waals surface area contributed by atoms with Crippen LogP contribution in [0, 0.1) is 0 Å². The smallest absolute Gasteiger partial charge is 0.335 e. The SMILES string of the molecule is O=C(Cc1ccc(O)cc1)Nc1cc(Br)cc(C(=O)O)c1. The minimum absolute atomic E-state index is 0.0873. The Morgan fingerprint density at radius 2 is 1.76 bits per heavy atom. The lowest BCUT2D eigenvalue weighted by atomic mass is 10.1. The van der Waals surface area contributed by atoms with Crippen molar-refractivity contribution < 1.29 is 19.8 Å². The molecule has 2 aromatic carbocycles. The number of phenolic OH excluding ortho intramolecular Hbond substituents is 1. The molecule has 0 heterocycles. The topological polar surface area (TPSA) is 86.6 Å². The second kappa shape index (κ2) is 6.41. The highest BCUT2D eigenvalue weighted by Crippen LogP contribution is 2.20. The molecule has 0 unspecified atom stereocenters. The highest BCUT2D eigenvalue weighted by molar-refractivity contribution is 9.10. The van der Waals surface area contributed by atoms with E-state index in [1.54, 1.807) is 18.2 Å². The predicted octanol–water partition coefficient (Wildman–Crippen LogP) is 3.03. The molecule has 0 saturated carbocycles. The van der Waals surface area contributed by atoms with Crippen LogP contribution in [0.4, 0.5) is 5.69 Å². The molecule has 0 aromatic heterocycles. The number of rotatable bonds is 4. The van der Waals surface area contributed by atoms with E-state index in [0.29, 0.717) is 10.2 Å². The fraction of sp³-hybridized carbons (Fsp3) is 0.0667. The van der Waals surface area contributed by atoms with Gasteiger partial charge in [-0.25, -0.2) is 4.79 Å². The third kappa shape index (κ3) is 4.32. The largest absolute Gasteiger partial charge is 0.508 e. The van der Waals surface area contributed by atoms with E-state index in [2.05, 4.69) is 21.2 Å². The molecule has 0 bridgehead atoms. The van der Waals surface area contributed by atoms with Crippen molar-refractivity contribution in [2.45, 2.75) is 6.42 Å². The number of anilines is 1. The standard InChI is InChI=1S/C15H12BrNO4/c16-11-6-10(15(20)21)7-12(8-11)17-14(19)5-9-1-3-13(18)4-2-9/h1-4,6-8,18H,5H2,(H,17,19)(H,20,21). The number of amides is 1. The van der Waals surface area contributed by atoms with Gasteiger partial charge in [0.25, 0.3) is 0 Å². The quantitative estimate of drug-likeness (QED) is 0.791. The molecule has 3 N–H and O–H groups in total. The third-order valence-electron chi connectivity index (χ3n) is 2.73. The Balaban J connectivity index is 2.09. The Kier molecular flexibility index (Phi) is 4.59. The number of hydrogen-bond donors (Lipinski definition) is 3. The van der Waals surface area contributed by atoms with E-state index >= 15 is 0 Å². The lowest BCUT2D eigenvalue weighted by molar-refractivity contribution is -0.115. The van der Waals surface area contributed by atoms with Crippen LogP contribution in [0.5, 0.6) is 5.75 Å². The highest BCUT2D eigenvalue weighted by atomic mass is 79.9. The molecule has 0 atom stereocenters. The van der Waals surface area contributed by atoms with Crippen LogP contribution in [0.25, 0.3) is 0 Å². The van der Waals surface area contributed by atoms with Gasteiger partial charge in [-0.2, -0.15) is 0 Å². The Morgan fingerprint density at radius 1 is 1.10 bits per heavy atom. The summed E-state index contributed by atoms with van der Waals surface area (Å²) in [7, 11) is 0. The molecular weight excluding hydrogens is 338 g/mol. The van der Waals surface area contributed by atoms with Crippen LogP contribution in [-0.4, -0.2) is 22.1 Å². The van der Waals surface area contributed by atoms with Crippen LogP contribution < -0.4 is 5.32 Å². The van der Waals surface area contributed by atoms with E-state index in [9.17, 15) is 14.7 Å². The van der Waals surface area contributed by atoms with Gasteiger partial charge < -0.3 is 15.5 Å². The van der Waals surface area contributed by atoms with Crippen molar-refractivity contribution in [2.24, 2.45) is 0 Å². The molecule has 0 aliphatic carbocycles. The Labute approximate surface area is 129 Å². The van der Waals surface area contributed by atoms with Crippen LogP contribution in [-0.2, 0) is 11.2 Å². The maximum atomic E-state index is 11.9. The molecular formula is C15H12BrNO4. The first-order valence-corrected chi connectivity index (χ1v) is 6.85. The number of carboxylic acid groups (broad SMARTS) is 1. The first kappa shape index (κ1) is 15.1. The third-order valence-corrected chi connectivity index (χ3v) is 3.19. The molecule has 108 valence electrons. The number of carboxylic acids is 1. The minimum Gasteiger partial charge on any atom is -0.508 e. The van der Waals surface area contributed by atoms with E-state index in [4.69, 9.17) is 5.11 Å². The van der Waals surface area contributed by atoms with E-state index < -0.39 is 5.97 Å². The molecule has 2 rings (SSSR count). The number of halogens is 1. The maximum Gasteiger partial charge on any atom is 0.335 e. The summed E-state index contributed by atoms with van der Waals surface area (Å²) in [6, 6.07) is 10.8. The molecule has 2 aromatic rings. The number of carbonyl (C=O) groups excluding carboxylic acids is 1. The molecule has 0 fully saturated rings. The van der Waals surface area contributed by atoms with Gasteiger partial charge in [-0.15, -0.1) is 0 Å². The lowest BCUT2D eigenvalue weighted by Gasteiger charge is -2.07. The average molecular weight is 350 g/mol. The van der Waals surface area contributed by atoms with Crippen molar-refractivity contribution in [3.05, 3.63) is 58.1 Å². The van der Waals surface area contributed by atoms with Gasteiger partial charge in [0.05, 0.1) is 12.0 Å². The normalized spacial score (nSPS) is 10.1. The van der Waals surface area contributed by atoms with E-state index in [1.165, 1.54) is 24.3 Å². The number of hydrogen-bond acceptors (Lipinski definition) is 3. The molecule has 5 nitrogen and oxygen atoms in total. The van der Waals surface area contributed by atoms with E-state index in [1.807, 2.05) is 0 Å². The van der Waals surface area contributed by atoms with Crippen LogP contribution in [0.1, 0.15) is 15.9 Å². The molecule has 21 heavy (non-hydrogen) atoms. The summed E-state index contributed by atoms with van der Waals surface area (Å²) < 4.78 is 0.572. The number of nitrogens with one attached hydrogen (secondary N) is 1. The van der Waals surface area contributed by atoms with Crippen molar-refractivity contribution in [2.75, 3.05) is 5.32 Å². The predicted molar refractivity (Wildman–Crippen MR) is 81.5 cm³/mol. The van der Waals surface area contributed by atoms with Crippen LogP contribution >= 0.6 is 15.9 Å². The van der Waals surface area contributed by atoms with Crippen molar-refractivity contribution in [3.8, 4) is 5.75 Å². The van der Waals surface area contributed by atoms with Crippen molar-refractivity contribution in [1.82, 2.24) is 0 Å². The summed E-state index contributed by atoms with van der Waals surface area (Å²) in [6.45, 7) is 0. The zero-order chi connectivity index (χ0) is 15.4. The van der Waals surface area contributed by atoms with Gasteiger partial charge in [0.15, 0.2) is 0 Å². The van der Waals surface area contributed by atoms with Crippen molar-refractivity contribution in [3.63, 3.8) is 0 Å². The molecule has 6 heteroatoms. The second-order valence-corrected chi connectivity index (χ2v) is 5.34. The maximum absolute atomic E-state index is 11.9. The van der Waals surface area contributed by atoms with Gasteiger partial charge in [-0.05, 0) is 35.9 Å². The van der Waals surface area contributed by atoms with Crippen molar-refractivity contribution in [1.29, 1.82) is 0 Å². The van der Waals surface area contributed by atoms with Gasteiger partial charge in [0.2, 0.25) is 5.91 Å². The van der Waals surface area contributed by atoms with Gasteiger partial charge in [0, 0.05) is 10.2 Å². The van der Waals surface area contributed by atoms with E-state index in [-0.39, 0.29) is 23.6 Å². The molecule has 0 saturated heterocycles. The fourth-order valence-electron chi connectivity index (χ4n) is 1.79. The monoisotopic (exact) mass is 349 g/mol. The minimum atomic E-state index is -1.06. The number of carbonyl (C=O) groups is 2. The number of phenols is 1. The van der Waals surface area contributed by atoms with Crippen LogP contribution in [0.2, 0.25) is 0 Å². The molecule has 0 aliphatic rings. The zero-order valence-electron chi connectivity index (χ0n) is 10.8. The van der Waals surface area contributed by atoms with Gasteiger partial charge in [-0.1, -0.05) is 28.1 Å². The molecule has 1 amide bonds. The summed E-state index contributed by atoms with van der Waals surface area (Å²) >= 11 is 3.20. The number of aromatic carboxylic acids is 1. The van der Waals surface area contributed by atoms with E-state index in [0.717, 1.165) is 5.56 Å². The zero-order valence-corrected chi connectivity index (χ0v) is 12.4. The summed E-state index contributed by atoms with van der Waals surface area (Å²) in [5.41, 5.74) is 1.24. The summed E-state index contributed by atoms with van der Waals surface area (Å²) in [6.07, 6.45) is 0.134. The summed E-state index contributed by atoms with van der Waals surface area (Å²) in [5.74, 6) is -1.20. The van der Waals surface area contributed by atoms with Gasteiger partial charge in [-0.3, -0.25) is 4.79 Å². The molecule has 0 spiro atoms. The Bertz CT molecular complexity index is 683.